The van der Waals surface area contributed by atoms with Gasteiger partial charge in [-0.3, -0.25) is 4.79 Å². The van der Waals surface area contributed by atoms with E-state index in [1.165, 1.54) is 6.92 Å². The average Bonchev–Trinajstić information content (AvgIpc) is 2.90. The molecule has 0 fully saturated rings. The number of hydrogen-bond donors (Lipinski definition) is 1. The third-order valence-electron chi connectivity index (χ3n) is 3.04. The quantitative estimate of drug-likeness (QED) is 0.862. The van der Waals surface area contributed by atoms with E-state index in [9.17, 15) is 13.2 Å². The highest BCUT2D eigenvalue weighted by Gasteiger charge is 2.20. The van der Waals surface area contributed by atoms with Crippen LogP contribution in [-0.2, 0) is 10.0 Å². The van der Waals surface area contributed by atoms with Gasteiger partial charge in [0.15, 0.2) is 0 Å². The second kappa shape index (κ2) is 7.10. The number of benzene rings is 1. The molecule has 2 aromatic rings. The predicted octanol–water partition coefficient (Wildman–Crippen LogP) is 2.60. The van der Waals surface area contributed by atoms with Crippen LogP contribution in [0.15, 0.2) is 24.3 Å². The molecule has 0 saturated heterocycles. The van der Waals surface area contributed by atoms with Crippen molar-refractivity contribution in [3.05, 3.63) is 34.8 Å². The Hall–Kier alpha value is -1.93. The zero-order valence-electron chi connectivity index (χ0n) is 13.1. The Morgan fingerprint density at radius 1 is 1.26 bits per heavy atom. The van der Waals surface area contributed by atoms with Crippen LogP contribution in [0.3, 0.4) is 0 Å². The molecule has 1 aromatic carbocycles. The lowest BCUT2D eigenvalue weighted by Crippen LogP contribution is -2.31. The monoisotopic (exact) mass is 354 g/mol. The summed E-state index contributed by atoms with van der Waals surface area (Å²) < 4.78 is 30.4. The number of thiazole rings is 1. The smallest absolute Gasteiger partial charge is 0.276 e. The van der Waals surface area contributed by atoms with E-state index >= 15 is 0 Å². The first kappa shape index (κ1) is 17.4. The van der Waals surface area contributed by atoms with Gasteiger partial charge in [0.05, 0.1) is 18.1 Å². The number of aryl methyl sites for hydroxylation is 1. The molecule has 6 nitrogen and oxygen atoms in total. The summed E-state index contributed by atoms with van der Waals surface area (Å²) in [6, 6.07) is 7.37. The molecule has 0 bridgehead atoms. The summed E-state index contributed by atoms with van der Waals surface area (Å²) in [5.74, 6) is -0.0296. The third-order valence-corrected chi connectivity index (χ3v) is 5.51. The SMILES string of the molecule is CCOc1ccc(-c2nc(C)c(C(=O)NS(=O)(=O)CC)s2)cc1. The summed E-state index contributed by atoms with van der Waals surface area (Å²) >= 11 is 1.16. The molecule has 0 saturated carbocycles. The zero-order valence-corrected chi connectivity index (χ0v) is 14.8. The van der Waals surface area contributed by atoms with E-state index in [1.807, 2.05) is 35.9 Å². The molecule has 1 heterocycles. The maximum Gasteiger partial charge on any atom is 0.276 e. The number of nitrogens with zero attached hydrogens (tertiary/aromatic N) is 1. The number of hydrogen-bond acceptors (Lipinski definition) is 6. The van der Waals surface area contributed by atoms with Gasteiger partial charge in [-0.1, -0.05) is 0 Å². The molecule has 124 valence electrons. The van der Waals surface area contributed by atoms with Crippen molar-refractivity contribution in [1.29, 1.82) is 0 Å². The molecule has 1 aromatic heterocycles. The molecule has 0 aliphatic carbocycles. The third kappa shape index (κ3) is 4.29. The summed E-state index contributed by atoms with van der Waals surface area (Å²) in [4.78, 5) is 16.7. The van der Waals surface area contributed by atoms with Crippen molar-refractivity contribution in [1.82, 2.24) is 9.71 Å². The summed E-state index contributed by atoms with van der Waals surface area (Å²) in [7, 11) is -3.59. The predicted molar refractivity (Wildman–Crippen MR) is 90.4 cm³/mol. The maximum absolute atomic E-state index is 12.1. The van der Waals surface area contributed by atoms with Crippen LogP contribution in [-0.4, -0.2) is 31.7 Å². The fraction of sp³-hybridized carbons (Fsp3) is 0.333. The zero-order chi connectivity index (χ0) is 17.0. The molecule has 0 unspecified atom stereocenters. The van der Waals surface area contributed by atoms with Crippen LogP contribution in [0.4, 0.5) is 0 Å². The Morgan fingerprint density at radius 2 is 1.91 bits per heavy atom. The number of rotatable bonds is 6. The number of nitrogens with one attached hydrogen (secondary N) is 1. The largest absolute Gasteiger partial charge is 0.494 e. The van der Waals surface area contributed by atoms with E-state index in [2.05, 4.69) is 4.98 Å². The first-order chi connectivity index (χ1) is 10.9. The maximum atomic E-state index is 12.1. The molecule has 0 aliphatic rings. The van der Waals surface area contributed by atoms with Crippen molar-refractivity contribution in [3.63, 3.8) is 0 Å². The van der Waals surface area contributed by atoms with Crippen molar-refractivity contribution >= 4 is 27.3 Å². The fourth-order valence-electron chi connectivity index (χ4n) is 1.85. The van der Waals surface area contributed by atoms with Crippen molar-refractivity contribution in [2.24, 2.45) is 0 Å². The minimum Gasteiger partial charge on any atom is -0.494 e. The Balaban J connectivity index is 2.25. The molecule has 1 N–H and O–H groups in total. The van der Waals surface area contributed by atoms with E-state index in [1.54, 1.807) is 6.92 Å². The van der Waals surface area contributed by atoms with Gasteiger partial charge in [-0.25, -0.2) is 18.1 Å². The number of carbonyl (C=O) groups is 1. The van der Waals surface area contributed by atoms with E-state index in [0.29, 0.717) is 22.2 Å². The summed E-state index contributed by atoms with van der Waals surface area (Å²) in [5, 5.41) is 0.657. The molecule has 0 radical (unpaired) electrons. The first-order valence-corrected chi connectivity index (χ1v) is 9.58. The van der Waals surface area contributed by atoms with Crippen LogP contribution >= 0.6 is 11.3 Å². The Bertz CT molecular complexity index is 795. The average molecular weight is 354 g/mol. The Morgan fingerprint density at radius 3 is 2.48 bits per heavy atom. The highest BCUT2D eigenvalue weighted by molar-refractivity contribution is 7.90. The van der Waals surface area contributed by atoms with Gasteiger partial charge in [-0.2, -0.15) is 0 Å². The van der Waals surface area contributed by atoms with Crippen molar-refractivity contribution < 1.29 is 17.9 Å². The number of amides is 1. The van der Waals surface area contributed by atoms with Gasteiger partial charge >= 0.3 is 0 Å². The highest BCUT2D eigenvalue weighted by Crippen LogP contribution is 2.29. The number of carbonyl (C=O) groups excluding carboxylic acids is 1. The number of ether oxygens (including phenoxy) is 1. The van der Waals surface area contributed by atoms with Crippen molar-refractivity contribution in [2.45, 2.75) is 20.8 Å². The first-order valence-electron chi connectivity index (χ1n) is 7.11. The number of sulfonamides is 1. The summed E-state index contributed by atoms with van der Waals surface area (Å²) in [6.07, 6.45) is 0. The van der Waals surface area contributed by atoms with Gasteiger partial charge in [0.2, 0.25) is 10.0 Å². The Labute approximate surface area is 139 Å². The second-order valence-corrected chi connectivity index (χ2v) is 7.74. The minimum absolute atomic E-state index is 0.150. The van der Waals surface area contributed by atoms with E-state index in [4.69, 9.17) is 4.74 Å². The van der Waals surface area contributed by atoms with Gasteiger partial charge in [0, 0.05) is 5.56 Å². The van der Waals surface area contributed by atoms with Crippen molar-refractivity contribution in [3.8, 4) is 16.3 Å². The molecular weight excluding hydrogens is 336 g/mol. The standard InChI is InChI=1S/C15H18N2O4S2/c1-4-21-12-8-6-11(7-9-12)15-16-10(3)13(22-15)14(18)17-23(19,20)5-2/h6-9H,4-5H2,1-3H3,(H,17,18). The summed E-state index contributed by atoms with van der Waals surface area (Å²) in [5.41, 5.74) is 1.35. The summed E-state index contributed by atoms with van der Waals surface area (Å²) in [6.45, 7) is 5.65. The van der Waals surface area contributed by atoms with Crippen LogP contribution in [0, 0.1) is 6.92 Å². The Kier molecular flexibility index (Phi) is 5.38. The minimum atomic E-state index is -3.59. The molecule has 0 spiro atoms. The second-order valence-electron chi connectivity index (χ2n) is 4.73. The van der Waals surface area contributed by atoms with Crippen LogP contribution in [0.2, 0.25) is 0 Å². The van der Waals surface area contributed by atoms with E-state index in [-0.39, 0.29) is 5.75 Å². The van der Waals surface area contributed by atoms with Gasteiger partial charge in [0.1, 0.15) is 15.6 Å². The lowest BCUT2D eigenvalue weighted by molar-refractivity contribution is 0.0984. The van der Waals surface area contributed by atoms with E-state index < -0.39 is 15.9 Å². The molecule has 2 rings (SSSR count). The van der Waals surface area contributed by atoms with Crippen LogP contribution in [0.25, 0.3) is 10.6 Å². The molecular formula is C15H18N2O4S2. The van der Waals surface area contributed by atoms with Crippen LogP contribution < -0.4 is 9.46 Å². The van der Waals surface area contributed by atoms with Crippen LogP contribution in [0.5, 0.6) is 5.75 Å². The van der Waals surface area contributed by atoms with Gasteiger partial charge in [-0.15, -0.1) is 11.3 Å². The molecule has 0 aliphatic heterocycles. The molecule has 23 heavy (non-hydrogen) atoms. The van der Waals surface area contributed by atoms with E-state index in [0.717, 1.165) is 22.6 Å². The fourth-order valence-corrected chi connectivity index (χ4v) is 3.41. The molecule has 8 heteroatoms. The number of aromatic nitrogens is 1. The lowest BCUT2D eigenvalue weighted by Gasteiger charge is -2.03. The molecule has 1 amide bonds. The van der Waals surface area contributed by atoms with Gasteiger partial charge in [0.25, 0.3) is 5.91 Å². The highest BCUT2D eigenvalue weighted by atomic mass is 32.2. The van der Waals surface area contributed by atoms with Crippen molar-refractivity contribution in [2.75, 3.05) is 12.4 Å². The molecule has 0 atom stereocenters. The van der Waals surface area contributed by atoms with Gasteiger partial charge in [-0.05, 0) is 45.0 Å². The van der Waals surface area contributed by atoms with Crippen LogP contribution in [0.1, 0.15) is 29.2 Å². The van der Waals surface area contributed by atoms with Gasteiger partial charge < -0.3 is 4.74 Å². The topological polar surface area (TPSA) is 85.4 Å². The normalized spacial score (nSPS) is 11.3. The lowest BCUT2D eigenvalue weighted by atomic mass is 10.2.